The molecule has 7 nitrogen and oxygen atoms in total. The molecule has 0 atom stereocenters. The summed E-state index contributed by atoms with van der Waals surface area (Å²) in [5, 5.41) is 19.5. The van der Waals surface area contributed by atoms with Crippen molar-refractivity contribution in [3.63, 3.8) is 0 Å². The number of hydrogen-bond donors (Lipinski definition) is 0. The lowest BCUT2D eigenvalue weighted by Gasteiger charge is -2.06. The second-order valence-electron chi connectivity index (χ2n) is 3.30. The van der Waals surface area contributed by atoms with Crippen LogP contribution in [0.1, 0.15) is 5.69 Å². The van der Waals surface area contributed by atoms with Gasteiger partial charge in [0.05, 0.1) is 21.8 Å². The van der Waals surface area contributed by atoms with E-state index in [0.717, 1.165) is 0 Å². The molecule has 1 aromatic carbocycles. The first-order valence-electron chi connectivity index (χ1n) is 4.94. The number of para-hydroxylation sites is 1. The van der Waals surface area contributed by atoms with E-state index in [9.17, 15) is 10.1 Å². The van der Waals surface area contributed by atoms with E-state index in [-0.39, 0.29) is 23.0 Å². The van der Waals surface area contributed by atoms with Crippen molar-refractivity contribution in [2.24, 2.45) is 0 Å². The Labute approximate surface area is 115 Å². The average Bonchev–Trinajstić information content (AvgIpc) is 2.41. The lowest BCUT2D eigenvalue weighted by atomic mass is 10.3. The quantitative estimate of drug-likeness (QED) is 0.636. The molecule has 0 fully saturated rings. The lowest BCUT2D eigenvalue weighted by molar-refractivity contribution is -0.385. The first kappa shape index (κ1) is 12.9. The van der Waals surface area contributed by atoms with Crippen molar-refractivity contribution in [2.45, 2.75) is 0 Å². The molecule has 8 heteroatoms. The maximum Gasteiger partial charge on any atom is 0.312 e. The Morgan fingerprint density at radius 2 is 2.16 bits per heavy atom. The summed E-state index contributed by atoms with van der Waals surface area (Å²) in [7, 11) is 0. The molecule has 0 aliphatic rings. The van der Waals surface area contributed by atoms with Crippen LogP contribution in [-0.2, 0) is 0 Å². The molecule has 0 unspecified atom stereocenters. The molecule has 0 saturated carbocycles. The van der Waals surface area contributed by atoms with E-state index in [1.54, 1.807) is 6.07 Å². The number of nitrogens with zero attached hydrogens (tertiary/aromatic N) is 4. The second-order valence-corrected chi connectivity index (χ2v) is 4.15. The molecule has 0 saturated heterocycles. The third-order valence-corrected chi connectivity index (χ3v) is 2.72. The molecular weight excluding hydrogens is 316 g/mol. The highest BCUT2D eigenvalue weighted by molar-refractivity contribution is 9.10. The number of ether oxygens (including phenoxy) is 1. The summed E-state index contributed by atoms with van der Waals surface area (Å²) < 4.78 is 5.75. The molecule has 1 heterocycles. The van der Waals surface area contributed by atoms with Crippen molar-refractivity contribution in [1.82, 2.24) is 9.97 Å². The van der Waals surface area contributed by atoms with Crippen LogP contribution >= 0.6 is 15.9 Å². The molecule has 0 aliphatic carbocycles. The minimum Gasteiger partial charge on any atom is -0.429 e. The van der Waals surface area contributed by atoms with Crippen molar-refractivity contribution in [3.8, 4) is 17.7 Å². The van der Waals surface area contributed by atoms with Crippen LogP contribution in [0.4, 0.5) is 5.69 Å². The maximum absolute atomic E-state index is 10.9. The van der Waals surface area contributed by atoms with Crippen molar-refractivity contribution < 1.29 is 9.66 Å². The Balaban J connectivity index is 2.37. The molecule has 2 aromatic rings. The second kappa shape index (κ2) is 5.41. The maximum atomic E-state index is 10.9. The molecule has 1 aromatic heterocycles. The summed E-state index contributed by atoms with van der Waals surface area (Å²) in [6.07, 6.45) is 2.44. The van der Waals surface area contributed by atoms with Crippen molar-refractivity contribution in [1.29, 1.82) is 5.26 Å². The highest BCUT2D eigenvalue weighted by Crippen LogP contribution is 2.37. The summed E-state index contributed by atoms with van der Waals surface area (Å²) in [5.41, 5.74) is -0.0606. The topological polar surface area (TPSA) is 102 Å². The van der Waals surface area contributed by atoms with Gasteiger partial charge in [-0.15, -0.1) is 0 Å². The first-order chi connectivity index (χ1) is 9.11. The zero-order chi connectivity index (χ0) is 13.8. The van der Waals surface area contributed by atoms with Gasteiger partial charge in [-0.3, -0.25) is 10.1 Å². The third kappa shape index (κ3) is 2.83. The summed E-state index contributed by atoms with van der Waals surface area (Å²) in [4.78, 5) is 17.9. The molecule has 2 rings (SSSR count). The Hall–Kier alpha value is -2.53. The smallest absolute Gasteiger partial charge is 0.312 e. The van der Waals surface area contributed by atoms with Gasteiger partial charge in [0.25, 0.3) is 0 Å². The van der Waals surface area contributed by atoms with E-state index in [2.05, 4.69) is 25.9 Å². The number of aromatic nitrogens is 2. The van der Waals surface area contributed by atoms with Gasteiger partial charge in [0, 0.05) is 6.07 Å². The van der Waals surface area contributed by atoms with Gasteiger partial charge >= 0.3 is 5.69 Å². The number of halogens is 1. The summed E-state index contributed by atoms with van der Waals surface area (Å²) in [6, 6.07) is 6.27. The lowest BCUT2D eigenvalue weighted by Crippen LogP contribution is -1.96. The molecule has 0 spiro atoms. The highest BCUT2D eigenvalue weighted by atomic mass is 79.9. The Morgan fingerprint density at radius 3 is 2.74 bits per heavy atom. The standard InChI is InChI=1S/C11H5BrN4O3/c12-8-2-1-3-9(16(17)18)11(8)19-10-6-14-7(4-13)5-15-10/h1-3,5-6H. The van der Waals surface area contributed by atoms with Gasteiger partial charge in [-0.25, -0.2) is 9.97 Å². The number of nitro benzene ring substituents is 1. The van der Waals surface area contributed by atoms with E-state index < -0.39 is 4.92 Å². The predicted molar refractivity (Wildman–Crippen MR) is 67.6 cm³/mol. The largest absolute Gasteiger partial charge is 0.429 e. The van der Waals surface area contributed by atoms with Crippen LogP contribution in [0.5, 0.6) is 11.6 Å². The zero-order valence-corrected chi connectivity index (χ0v) is 10.9. The average molecular weight is 321 g/mol. The fraction of sp³-hybridized carbons (Fsp3) is 0. The summed E-state index contributed by atoms with van der Waals surface area (Å²) in [6.45, 7) is 0. The van der Waals surface area contributed by atoms with Gasteiger partial charge in [0.15, 0.2) is 5.69 Å². The highest BCUT2D eigenvalue weighted by Gasteiger charge is 2.19. The predicted octanol–water partition coefficient (Wildman–Crippen LogP) is 2.81. The number of hydrogen-bond acceptors (Lipinski definition) is 6. The van der Waals surface area contributed by atoms with Crippen LogP contribution < -0.4 is 4.74 Å². The Kier molecular flexibility index (Phi) is 3.68. The van der Waals surface area contributed by atoms with Crippen LogP contribution in [0.3, 0.4) is 0 Å². The Morgan fingerprint density at radius 1 is 1.37 bits per heavy atom. The summed E-state index contributed by atoms with van der Waals surface area (Å²) >= 11 is 3.17. The minimum absolute atomic E-state index is 0.0338. The van der Waals surface area contributed by atoms with Gasteiger partial charge in [-0.2, -0.15) is 5.26 Å². The normalized spacial score (nSPS) is 9.68. The third-order valence-electron chi connectivity index (χ3n) is 2.09. The molecule has 0 N–H and O–H groups in total. The number of nitro groups is 1. The van der Waals surface area contributed by atoms with E-state index in [1.807, 2.05) is 6.07 Å². The van der Waals surface area contributed by atoms with E-state index in [4.69, 9.17) is 10.00 Å². The van der Waals surface area contributed by atoms with Gasteiger partial charge in [-0.05, 0) is 22.0 Å². The van der Waals surface area contributed by atoms with Gasteiger partial charge in [0.2, 0.25) is 11.6 Å². The van der Waals surface area contributed by atoms with Crippen LogP contribution in [0, 0.1) is 21.4 Å². The molecule has 19 heavy (non-hydrogen) atoms. The number of rotatable bonds is 3. The molecule has 0 amide bonds. The zero-order valence-electron chi connectivity index (χ0n) is 9.28. The number of benzene rings is 1. The Bertz CT molecular complexity index is 667. The van der Waals surface area contributed by atoms with Crippen LogP contribution in [0.25, 0.3) is 0 Å². The monoisotopic (exact) mass is 320 g/mol. The van der Waals surface area contributed by atoms with E-state index in [0.29, 0.717) is 4.47 Å². The molecule has 0 bridgehead atoms. The SMILES string of the molecule is N#Cc1cnc(Oc2c(Br)cccc2[N+](=O)[O-])cn1. The van der Waals surface area contributed by atoms with Crippen LogP contribution in [0.15, 0.2) is 35.1 Å². The van der Waals surface area contributed by atoms with Gasteiger partial charge < -0.3 is 4.74 Å². The van der Waals surface area contributed by atoms with Crippen LogP contribution in [-0.4, -0.2) is 14.9 Å². The molecule has 94 valence electrons. The van der Waals surface area contributed by atoms with Gasteiger partial charge in [0.1, 0.15) is 6.07 Å². The van der Waals surface area contributed by atoms with Crippen molar-refractivity contribution in [2.75, 3.05) is 0 Å². The molecule has 0 aliphatic heterocycles. The van der Waals surface area contributed by atoms with E-state index >= 15 is 0 Å². The molecule has 0 radical (unpaired) electrons. The summed E-state index contributed by atoms with van der Waals surface area (Å²) in [5.74, 6) is 0.0977. The fourth-order valence-electron chi connectivity index (χ4n) is 1.27. The first-order valence-corrected chi connectivity index (χ1v) is 5.74. The number of nitriles is 1. The minimum atomic E-state index is -0.558. The fourth-order valence-corrected chi connectivity index (χ4v) is 1.71. The van der Waals surface area contributed by atoms with Crippen LogP contribution in [0.2, 0.25) is 0 Å². The van der Waals surface area contributed by atoms with E-state index in [1.165, 1.54) is 24.5 Å². The van der Waals surface area contributed by atoms with Crippen molar-refractivity contribution >= 4 is 21.6 Å². The molecular formula is C11H5BrN4O3. The van der Waals surface area contributed by atoms with Crippen molar-refractivity contribution in [3.05, 3.63) is 50.9 Å². The van der Waals surface area contributed by atoms with Gasteiger partial charge in [-0.1, -0.05) is 6.07 Å².